The number of piperazine rings is 1. The lowest BCUT2D eigenvalue weighted by atomic mass is 9.99. The van der Waals surface area contributed by atoms with E-state index in [1.54, 1.807) is 7.11 Å². The molecule has 2 atom stereocenters. The van der Waals surface area contributed by atoms with Gasteiger partial charge < -0.3 is 15.0 Å². The van der Waals surface area contributed by atoms with E-state index in [9.17, 15) is 0 Å². The molecule has 112 valence electrons. The maximum Gasteiger partial charge on any atom is 0.143 e. The highest BCUT2D eigenvalue weighted by Crippen LogP contribution is 2.35. The number of benzene rings is 1. The number of nitrogens with zero attached hydrogens (tertiary/aromatic N) is 1. The summed E-state index contributed by atoms with van der Waals surface area (Å²) in [6.07, 6.45) is 0. The molecule has 1 N–H and O–H groups in total. The number of nitrogens with one attached hydrogen (secondary N) is 1. The van der Waals surface area contributed by atoms with Crippen LogP contribution in [0.15, 0.2) is 12.1 Å². The first-order valence-electron chi connectivity index (χ1n) is 7.28. The van der Waals surface area contributed by atoms with Gasteiger partial charge in [0, 0.05) is 36.3 Å². The lowest BCUT2D eigenvalue weighted by Gasteiger charge is -2.42. The van der Waals surface area contributed by atoms with Gasteiger partial charge in [-0.05, 0) is 31.4 Å². The molecule has 1 saturated heterocycles. The van der Waals surface area contributed by atoms with Crippen molar-refractivity contribution < 1.29 is 4.74 Å². The van der Waals surface area contributed by atoms with Crippen LogP contribution >= 0.6 is 11.6 Å². The molecule has 0 aliphatic carbocycles. The summed E-state index contributed by atoms with van der Waals surface area (Å²) in [5, 5.41) is 4.38. The van der Waals surface area contributed by atoms with Crippen molar-refractivity contribution in [3.63, 3.8) is 0 Å². The second kappa shape index (κ2) is 6.23. The van der Waals surface area contributed by atoms with Crippen molar-refractivity contribution in [2.45, 2.75) is 39.8 Å². The highest BCUT2D eigenvalue weighted by Gasteiger charge is 2.28. The molecule has 4 heteroatoms. The highest BCUT2D eigenvalue weighted by atomic mass is 35.5. The fourth-order valence-corrected chi connectivity index (χ4v) is 2.86. The van der Waals surface area contributed by atoms with E-state index in [-0.39, 0.29) is 0 Å². The van der Waals surface area contributed by atoms with E-state index < -0.39 is 0 Å². The van der Waals surface area contributed by atoms with E-state index in [4.69, 9.17) is 16.3 Å². The van der Waals surface area contributed by atoms with Gasteiger partial charge in [-0.3, -0.25) is 0 Å². The Balaban J connectivity index is 2.35. The normalized spacial score (nSPS) is 23.2. The summed E-state index contributed by atoms with van der Waals surface area (Å²) in [6.45, 7) is 10.8. The average Bonchev–Trinajstić information content (AvgIpc) is 2.41. The van der Waals surface area contributed by atoms with Crippen molar-refractivity contribution in [2.75, 3.05) is 25.1 Å². The van der Waals surface area contributed by atoms with Crippen molar-refractivity contribution in [1.29, 1.82) is 0 Å². The number of aryl methyl sites for hydroxylation is 1. The Bertz CT molecular complexity index is 476. The van der Waals surface area contributed by atoms with Crippen molar-refractivity contribution in [1.82, 2.24) is 5.32 Å². The van der Waals surface area contributed by atoms with Gasteiger partial charge in [0.05, 0.1) is 12.8 Å². The number of hydrogen-bond acceptors (Lipinski definition) is 3. The maximum absolute atomic E-state index is 6.21. The quantitative estimate of drug-likeness (QED) is 0.924. The summed E-state index contributed by atoms with van der Waals surface area (Å²) >= 11 is 6.21. The second-order valence-electron chi connectivity index (χ2n) is 6.03. The molecule has 0 saturated carbocycles. The molecular formula is C16H25ClN2O. The summed E-state index contributed by atoms with van der Waals surface area (Å²) in [5.74, 6) is 1.47. The summed E-state index contributed by atoms with van der Waals surface area (Å²) in [7, 11) is 1.71. The standard InChI is InChI=1S/C16H25ClN2O/c1-10(2)14-9-19(12(4)8-18-14)15-6-11(3)13(17)7-16(15)20-5/h6-7,10,12,14,18H,8-9H2,1-5H3. The van der Waals surface area contributed by atoms with Crippen LogP contribution in [-0.2, 0) is 0 Å². The first kappa shape index (κ1) is 15.5. The Hall–Kier alpha value is -0.930. The van der Waals surface area contributed by atoms with Crippen LogP contribution in [0.2, 0.25) is 5.02 Å². The fraction of sp³-hybridized carbons (Fsp3) is 0.625. The third-order valence-corrected chi connectivity index (χ3v) is 4.58. The van der Waals surface area contributed by atoms with Crippen LogP contribution in [0.25, 0.3) is 0 Å². The molecule has 0 spiro atoms. The Morgan fingerprint density at radius 3 is 2.70 bits per heavy atom. The first-order valence-corrected chi connectivity index (χ1v) is 7.66. The zero-order valence-electron chi connectivity index (χ0n) is 13.0. The molecule has 1 aromatic rings. The third-order valence-electron chi connectivity index (χ3n) is 4.18. The zero-order valence-corrected chi connectivity index (χ0v) is 13.8. The van der Waals surface area contributed by atoms with E-state index in [0.29, 0.717) is 18.0 Å². The molecular weight excluding hydrogens is 272 g/mol. The van der Waals surface area contributed by atoms with Crippen LogP contribution in [-0.4, -0.2) is 32.3 Å². The van der Waals surface area contributed by atoms with Gasteiger partial charge >= 0.3 is 0 Å². The first-order chi connectivity index (χ1) is 9.43. The zero-order chi connectivity index (χ0) is 14.9. The molecule has 0 bridgehead atoms. The van der Waals surface area contributed by atoms with Crippen LogP contribution in [0.5, 0.6) is 5.75 Å². The minimum Gasteiger partial charge on any atom is -0.495 e. The Kier molecular flexibility index (Phi) is 4.82. The molecule has 1 aliphatic rings. The van der Waals surface area contributed by atoms with E-state index in [1.807, 2.05) is 13.0 Å². The van der Waals surface area contributed by atoms with Gasteiger partial charge in [-0.2, -0.15) is 0 Å². The summed E-state index contributed by atoms with van der Waals surface area (Å²) in [6, 6.07) is 5.01. The lowest BCUT2D eigenvalue weighted by molar-refractivity contribution is 0.333. The monoisotopic (exact) mass is 296 g/mol. The largest absolute Gasteiger partial charge is 0.495 e. The van der Waals surface area contributed by atoms with Crippen molar-refractivity contribution in [2.24, 2.45) is 5.92 Å². The number of halogens is 1. The molecule has 1 aromatic carbocycles. The average molecular weight is 297 g/mol. The Labute approximate surface area is 127 Å². The SMILES string of the molecule is COc1cc(Cl)c(C)cc1N1CC(C(C)C)NCC1C. The fourth-order valence-electron chi connectivity index (χ4n) is 2.71. The van der Waals surface area contributed by atoms with Crippen LogP contribution in [0.4, 0.5) is 5.69 Å². The van der Waals surface area contributed by atoms with Crippen molar-refractivity contribution in [3.8, 4) is 5.75 Å². The molecule has 1 heterocycles. The third kappa shape index (κ3) is 3.04. The van der Waals surface area contributed by atoms with Gasteiger partial charge in [0.1, 0.15) is 5.75 Å². The van der Waals surface area contributed by atoms with Gasteiger partial charge in [-0.25, -0.2) is 0 Å². The topological polar surface area (TPSA) is 24.5 Å². The molecule has 20 heavy (non-hydrogen) atoms. The van der Waals surface area contributed by atoms with Crippen LogP contribution in [0.1, 0.15) is 26.3 Å². The number of methoxy groups -OCH3 is 1. The predicted molar refractivity (Wildman–Crippen MR) is 86.2 cm³/mol. The Morgan fingerprint density at radius 2 is 2.10 bits per heavy atom. The smallest absolute Gasteiger partial charge is 0.143 e. The summed E-state index contributed by atoms with van der Waals surface area (Å²) in [4.78, 5) is 2.43. The Morgan fingerprint density at radius 1 is 1.40 bits per heavy atom. The number of anilines is 1. The number of ether oxygens (including phenoxy) is 1. The highest BCUT2D eigenvalue weighted by molar-refractivity contribution is 6.31. The molecule has 0 radical (unpaired) electrons. The van der Waals surface area contributed by atoms with Gasteiger partial charge in [-0.15, -0.1) is 0 Å². The second-order valence-corrected chi connectivity index (χ2v) is 6.44. The molecule has 3 nitrogen and oxygen atoms in total. The van der Waals surface area contributed by atoms with Crippen molar-refractivity contribution >= 4 is 17.3 Å². The van der Waals surface area contributed by atoms with Gasteiger partial charge in [0.15, 0.2) is 0 Å². The van der Waals surface area contributed by atoms with E-state index >= 15 is 0 Å². The molecule has 0 aromatic heterocycles. The number of hydrogen-bond donors (Lipinski definition) is 1. The van der Waals surface area contributed by atoms with Crippen LogP contribution in [0.3, 0.4) is 0 Å². The predicted octanol–water partition coefficient (Wildman–Crippen LogP) is 3.48. The molecule has 1 fully saturated rings. The maximum atomic E-state index is 6.21. The summed E-state index contributed by atoms with van der Waals surface area (Å²) < 4.78 is 5.53. The minimum absolute atomic E-state index is 0.444. The molecule has 1 aliphatic heterocycles. The van der Waals surface area contributed by atoms with E-state index in [0.717, 1.165) is 35.1 Å². The van der Waals surface area contributed by atoms with Crippen LogP contribution < -0.4 is 15.0 Å². The van der Waals surface area contributed by atoms with Crippen molar-refractivity contribution in [3.05, 3.63) is 22.7 Å². The van der Waals surface area contributed by atoms with Crippen LogP contribution in [0, 0.1) is 12.8 Å². The van der Waals surface area contributed by atoms with Gasteiger partial charge in [-0.1, -0.05) is 25.4 Å². The van der Waals surface area contributed by atoms with Gasteiger partial charge in [0.2, 0.25) is 0 Å². The number of rotatable bonds is 3. The van der Waals surface area contributed by atoms with E-state index in [1.165, 1.54) is 0 Å². The molecule has 2 rings (SSSR count). The summed E-state index contributed by atoms with van der Waals surface area (Å²) in [5.41, 5.74) is 2.24. The van der Waals surface area contributed by atoms with Gasteiger partial charge in [0.25, 0.3) is 0 Å². The molecule has 2 unspecified atom stereocenters. The lowest BCUT2D eigenvalue weighted by Crippen LogP contribution is -2.57. The van der Waals surface area contributed by atoms with E-state index in [2.05, 4.69) is 37.1 Å². The minimum atomic E-state index is 0.444. The molecule has 0 amide bonds.